The Morgan fingerprint density at radius 3 is 2.24 bits per heavy atom. The van der Waals surface area contributed by atoms with Gasteiger partial charge in [0.2, 0.25) is 5.89 Å². The summed E-state index contributed by atoms with van der Waals surface area (Å²) >= 11 is 0. The van der Waals surface area contributed by atoms with Crippen LogP contribution in [0.15, 0.2) is 4.52 Å². The quantitative estimate of drug-likeness (QED) is 0.878. The summed E-state index contributed by atoms with van der Waals surface area (Å²) in [6, 6.07) is 0. The van der Waals surface area contributed by atoms with Crippen LogP contribution in [-0.2, 0) is 5.54 Å². The van der Waals surface area contributed by atoms with Gasteiger partial charge in [0.05, 0.1) is 5.54 Å². The molecule has 1 aliphatic carbocycles. The highest BCUT2D eigenvalue weighted by Crippen LogP contribution is 2.73. The van der Waals surface area contributed by atoms with Crippen molar-refractivity contribution in [1.82, 2.24) is 10.1 Å². The average Bonchev–Trinajstić information content (AvgIpc) is 2.60. The molecule has 0 spiro atoms. The topological polar surface area (TPSA) is 64.9 Å². The molecule has 0 aromatic carbocycles. The maximum atomic E-state index is 6.12. The Balaban J connectivity index is 2.28. The molecule has 2 rings (SSSR count). The Kier molecular flexibility index (Phi) is 2.45. The van der Waals surface area contributed by atoms with E-state index in [2.05, 4.69) is 37.8 Å². The van der Waals surface area contributed by atoms with Gasteiger partial charge in [-0.15, -0.1) is 0 Å². The average molecular weight is 237 g/mol. The van der Waals surface area contributed by atoms with Crippen molar-refractivity contribution in [3.05, 3.63) is 11.7 Å². The smallest absolute Gasteiger partial charge is 0.230 e. The largest absolute Gasteiger partial charge is 0.339 e. The molecule has 0 saturated heterocycles. The van der Waals surface area contributed by atoms with Crippen LogP contribution in [0.5, 0.6) is 0 Å². The Morgan fingerprint density at radius 2 is 1.82 bits per heavy atom. The van der Waals surface area contributed by atoms with Crippen LogP contribution in [0.1, 0.15) is 65.6 Å². The van der Waals surface area contributed by atoms with Crippen LogP contribution < -0.4 is 5.73 Å². The minimum atomic E-state index is -0.495. The summed E-state index contributed by atoms with van der Waals surface area (Å²) < 4.78 is 5.41. The van der Waals surface area contributed by atoms with E-state index in [1.807, 2.05) is 13.8 Å². The van der Waals surface area contributed by atoms with Gasteiger partial charge in [-0.3, -0.25) is 0 Å². The lowest BCUT2D eigenvalue weighted by molar-refractivity contribution is 0.344. The summed E-state index contributed by atoms with van der Waals surface area (Å²) in [5, 5.41) is 4.04. The molecule has 1 unspecified atom stereocenters. The van der Waals surface area contributed by atoms with Crippen molar-refractivity contribution in [2.24, 2.45) is 16.6 Å². The minimum Gasteiger partial charge on any atom is -0.339 e. The minimum absolute atomic E-state index is 0.216. The molecule has 1 aromatic heterocycles. The first-order valence-electron chi connectivity index (χ1n) is 6.27. The Hall–Kier alpha value is -0.900. The number of aromatic nitrogens is 2. The highest BCUT2D eigenvalue weighted by atomic mass is 16.5. The van der Waals surface area contributed by atoms with Gasteiger partial charge in [0.15, 0.2) is 5.82 Å². The van der Waals surface area contributed by atoms with Crippen LogP contribution >= 0.6 is 0 Å². The maximum absolute atomic E-state index is 6.12. The summed E-state index contributed by atoms with van der Waals surface area (Å²) in [6.45, 7) is 12.9. The van der Waals surface area contributed by atoms with E-state index < -0.39 is 5.54 Å². The molecule has 0 aliphatic heterocycles. The van der Waals surface area contributed by atoms with E-state index in [0.29, 0.717) is 11.7 Å². The van der Waals surface area contributed by atoms with E-state index in [9.17, 15) is 0 Å². The van der Waals surface area contributed by atoms with E-state index in [4.69, 9.17) is 10.3 Å². The van der Waals surface area contributed by atoms with Crippen LogP contribution in [0.2, 0.25) is 0 Å². The molecule has 4 heteroatoms. The molecule has 1 heterocycles. The molecule has 1 atom stereocenters. The van der Waals surface area contributed by atoms with Gasteiger partial charge in [0.25, 0.3) is 0 Å². The molecule has 0 radical (unpaired) electrons. The fraction of sp³-hybridized carbons (Fsp3) is 0.846. The third kappa shape index (κ3) is 1.61. The van der Waals surface area contributed by atoms with Crippen LogP contribution in [-0.4, -0.2) is 10.1 Å². The molecular formula is C13H23N3O. The molecule has 0 amide bonds. The van der Waals surface area contributed by atoms with Gasteiger partial charge >= 0.3 is 0 Å². The zero-order valence-corrected chi connectivity index (χ0v) is 11.7. The first-order chi connectivity index (χ1) is 7.64. The summed E-state index contributed by atoms with van der Waals surface area (Å²) in [5.41, 5.74) is 6.06. The van der Waals surface area contributed by atoms with Crippen molar-refractivity contribution in [3.8, 4) is 0 Å². The summed E-state index contributed by atoms with van der Waals surface area (Å²) in [4.78, 5) is 4.50. The maximum Gasteiger partial charge on any atom is 0.230 e. The monoisotopic (exact) mass is 237 g/mol. The van der Waals surface area contributed by atoms with E-state index in [1.165, 1.54) is 0 Å². The second-order valence-corrected chi connectivity index (χ2v) is 6.60. The van der Waals surface area contributed by atoms with Gasteiger partial charge in [-0.2, -0.15) is 4.98 Å². The summed E-state index contributed by atoms with van der Waals surface area (Å²) in [5.74, 6) is 1.69. The lowest BCUT2D eigenvalue weighted by atomic mass is 10.00. The molecule has 1 aliphatic rings. The van der Waals surface area contributed by atoms with E-state index in [-0.39, 0.29) is 10.8 Å². The predicted octanol–water partition coefficient (Wildman–Crippen LogP) is 2.80. The highest BCUT2D eigenvalue weighted by molar-refractivity contribution is 5.25. The zero-order valence-electron chi connectivity index (χ0n) is 11.7. The first-order valence-corrected chi connectivity index (χ1v) is 6.27. The van der Waals surface area contributed by atoms with Crippen LogP contribution in [0, 0.1) is 10.8 Å². The van der Waals surface area contributed by atoms with Crippen molar-refractivity contribution in [1.29, 1.82) is 0 Å². The van der Waals surface area contributed by atoms with Gasteiger partial charge in [-0.05, 0) is 24.2 Å². The molecule has 1 aromatic rings. The van der Waals surface area contributed by atoms with Crippen molar-refractivity contribution in [2.75, 3.05) is 0 Å². The number of hydrogen-bond acceptors (Lipinski definition) is 4. The van der Waals surface area contributed by atoms with Crippen LogP contribution in [0.25, 0.3) is 0 Å². The molecule has 17 heavy (non-hydrogen) atoms. The van der Waals surface area contributed by atoms with Crippen molar-refractivity contribution < 1.29 is 4.52 Å². The van der Waals surface area contributed by atoms with E-state index in [0.717, 1.165) is 12.3 Å². The number of nitrogens with zero attached hydrogens (tertiary/aromatic N) is 2. The SMILES string of the molecule is CCC(C)(N)c1noc(C2C(C)(C)C2(C)C)n1. The summed E-state index contributed by atoms with van der Waals surface area (Å²) in [7, 11) is 0. The Labute approximate surface area is 103 Å². The van der Waals surface area contributed by atoms with Gasteiger partial charge in [0.1, 0.15) is 0 Å². The van der Waals surface area contributed by atoms with Crippen LogP contribution in [0.3, 0.4) is 0 Å². The van der Waals surface area contributed by atoms with Gasteiger partial charge in [-0.1, -0.05) is 39.8 Å². The second-order valence-electron chi connectivity index (χ2n) is 6.60. The lowest BCUT2D eigenvalue weighted by Crippen LogP contribution is -2.33. The van der Waals surface area contributed by atoms with Gasteiger partial charge in [0, 0.05) is 5.92 Å². The Bertz CT molecular complexity index is 418. The van der Waals surface area contributed by atoms with Gasteiger partial charge in [-0.25, -0.2) is 0 Å². The number of hydrogen-bond donors (Lipinski definition) is 1. The van der Waals surface area contributed by atoms with Gasteiger partial charge < -0.3 is 10.3 Å². The Morgan fingerprint density at radius 1 is 1.29 bits per heavy atom. The molecule has 1 saturated carbocycles. The van der Waals surface area contributed by atoms with Crippen molar-refractivity contribution in [2.45, 2.75) is 59.4 Å². The predicted molar refractivity (Wildman–Crippen MR) is 66.4 cm³/mol. The molecule has 96 valence electrons. The van der Waals surface area contributed by atoms with Crippen molar-refractivity contribution in [3.63, 3.8) is 0 Å². The molecule has 1 fully saturated rings. The number of rotatable bonds is 3. The van der Waals surface area contributed by atoms with Crippen LogP contribution in [0.4, 0.5) is 0 Å². The zero-order chi connectivity index (χ0) is 13.1. The fourth-order valence-electron chi connectivity index (χ4n) is 2.56. The third-order valence-corrected chi connectivity index (χ3v) is 4.95. The molecular weight excluding hydrogens is 214 g/mol. The second kappa shape index (κ2) is 3.31. The standard InChI is InChI=1S/C13H23N3O/c1-7-13(6,14)10-15-9(17-16-10)8-11(2,3)12(8,4)5/h8H,7,14H2,1-6H3. The third-order valence-electron chi connectivity index (χ3n) is 4.95. The van der Waals surface area contributed by atoms with E-state index in [1.54, 1.807) is 0 Å². The lowest BCUT2D eigenvalue weighted by Gasteiger charge is -2.16. The molecule has 0 bridgehead atoms. The first kappa shape index (κ1) is 12.6. The molecule has 4 nitrogen and oxygen atoms in total. The highest BCUT2D eigenvalue weighted by Gasteiger charge is 2.68. The normalized spacial score (nSPS) is 25.6. The fourth-order valence-corrected chi connectivity index (χ4v) is 2.56. The van der Waals surface area contributed by atoms with Crippen molar-refractivity contribution >= 4 is 0 Å². The van der Waals surface area contributed by atoms with E-state index >= 15 is 0 Å². The summed E-state index contributed by atoms with van der Waals surface area (Å²) in [6.07, 6.45) is 0.795. The molecule has 2 N–H and O–H groups in total. The number of nitrogens with two attached hydrogens (primary N) is 1.